The molecule has 0 unspecified atom stereocenters. The number of nitrogens with one attached hydrogen (secondary N) is 1. The van der Waals surface area contributed by atoms with Crippen LogP contribution in [0.2, 0.25) is 0 Å². The summed E-state index contributed by atoms with van der Waals surface area (Å²) in [5.74, 6) is 0. The maximum Gasteiger partial charge on any atom is 0.137 e. The summed E-state index contributed by atoms with van der Waals surface area (Å²) in [4.78, 5) is 15.6. The summed E-state index contributed by atoms with van der Waals surface area (Å²) in [6.45, 7) is 6.89. The second kappa shape index (κ2) is 7.79. The minimum absolute atomic E-state index is 0.848. The standard InChI is InChI=1S/C22H26N4OS/c1-25-6-4-16(5-7-25)20-14-24-22-19(20)12-17(13-23-22)21-3-2-18(28-21)15-26-8-10-27-11-9-26/h2-4,12-14H,5-11,15H2,1H3,(H,23,24). The van der Waals surface area contributed by atoms with Gasteiger partial charge in [0, 0.05) is 71.4 Å². The van der Waals surface area contributed by atoms with E-state index in [0.717, 1.165) is 58.0 Å². The van der Waals surface area contributed by atoms with Gasteiger partial charge in [-0.05, 0) is 37.2 Å². The molecule has 0 radical (unpaired) electrons. The minimum Gasteiger partial charge on any atom is -0.379 e. The number of rotatable bonds is 4. The lowest BCUT2D eigenvalue weighted by Crippen LogP contribution is -2.35. The highest BCUT2D eigenvalue weighted by Gasteiger charge is 2.16. The zero-order valence-corrected chi connectivity index (χ0v) is 17.1. The number of H-pyrrole nitrogens is 1. The quantitative estimate of drug-likeness (QED) is 0.730. The first-order chi connectivity index (χ1) is 13.8. The molecule has 1 fully saturated rings. The van der Waals surface area contributed by atoms with Crippen molar-refractivity contribution in [2.75, 3.05) is 46.4 Å². The minimum atomic E-state index is 0.848. The van der Waals surface area contributed by atoms with Gasteiger partial charge in [-0.3, -0.25) is 4.90 Å². The fourth-order valence-electron chi connectivity index (χ4n) is 4.02. The van der Waals surface area contributed by atoms with Gasteiger partial charge in [-0.15, -0.1) is 11.3 Å². The van der Waals surface area contributed by atoms with Crippen molar-refractivity contribution in [3.63, 3.8) is 0 Å². The van der Waals surface area contributed by atoms with Gasteiger partial charge >= 0.3 is 0 Å². The molecule has 0 saturated carbocycles. The molecular weight excluding hydrogens is 368 g/mol. The van der Waals surface area contributed by atoms with Crippen LogP contribution in [0.25, 0.3) is 27.0 Å². The third kappa shape index (κ3) is 3.65. The van der Waals surface area contributed by atoms with Crippen molar-refractivity contribution in [1.29, 1.82) is 0 Å². The van der Waals surface area contributed by atoms with Crippen LogP contribution in [-0.4, -0.2) is 66.2 Å². The van der Waals surface area contributed by atoms with E-state index >= 15 is 0 Å². The van der Waals surface area contributed by atoms with Gasteiger partial charge in [0.15, 0.2) is 0 Å². The number of hydrogen-bond acceptors (Lipinski definition) is 5. The van der Waals surface area contributed by atoms with Crippen LogP contribution in [0.1, 0.15) is 16.9 Å². The smallest absolute Gasteiger partial charge is 0.137 e. The monoisotopic (exact) mass is 394 g/mol. The Morgan fingerprint density at radius 3 is 2.93 bits per heavy atom. The molecule has 5 heterocycles. The molecule has 0 atom stereocenters. The fourth-order valence-corrected chi connectivity index (χ4v) is 5.05. The van der Waals surface area contributed by atoms with E-state index in [9.17, 15) is 0 Å². The molecule has 0 aliphatic carbocycles. The summed E-state index contributed by atoms with van der Waals surface area (Å²) in [6, 6.07) is 6.80. The number of likely N-dealkylation sites (N-methyl/N-ethyl adjacent to an activating group) is 1. The molecule has 146 valence electrons. The summed E-state index contributed by atoms with van der Waals surface area (Å²) in [6.07, 6.45) is 7.56. The number of ether oxygens (including phenoxy) is 1. The summed E-state index contributed by atoms with van der Waals surface area (Å²) in [5, 5.41) is 1.23. The third-order valence-electron chi connectivity index (χ3n) is 5.72. The number of fused-ring (bicyclic) bond motifs is 1. The predicted molar refractivity (Wildman–Crippen MR) is 116 cm³/mol. The van der Waals surface area contributed by atoms with Crippen LogP contribution in [0, 0.1) is 0 Å². The summed E-state index contributed by atoms with van der Waals surface area (Å²) in [7, 11) is 2.17. The van der Waals surface area contributed by atoms with Gasteiger partial charge in [-0.1, -0.05) is 6.08 Å². The Hall–Kier alpha value is -1.99. The van der Waals surface area contributed by atoms with E-state index in [-0.39, 0.29) is 0 Å². The van der Waals surface area contributed by atoms with Crippen molar-refractivity contribution in [3.8, 4) is 10.4 Å². The molecule has 3 aromatic heterocycles. The van der Waals surface area contributed by atoms with Gasteiger partial charge in [0.1, 0.15) is 5.65 Å². The van der Waals surface area contributed by atoms with Crippen LogP contribution in [0.5, 0.6) is 0 Å². The third-order valence-corrected chi connectivity index (χ3v) is 6.84. The molecule has 6 heteroatoms. The Kier molecular flexibility index (Phi) is 5.03. The van der Waals surface area contributed by atoms with Crippen molar-refractivity contribution < 1.29 is 4.74 Å². The molecular formula is C22H26N4OS. The predicted octanol–water partition coefficient (Wildman–Crippen LogP) is 3.84. The summed E-state index contributed by atoms with van der Waals surface area (Å²) >= 11 is 1.88. The van der Waals surface area contributed by atoms with Gasteiger partial charge in [0.05, 0.1) is 13.2 Å². The van der Waals surface area contributed by atoms with E-state index in [0.29, 0.717) is 0 Å². The molecule has 1 N–H and O–H groups in total. The molecule has 0 bridgehead atoms. The van der Waals surface area contributed by atoms with Crippen molar-refractivity contribution in [1.82, 2.24) is 19.8 Å². The van der Waals surface area contributed by atoms with Gasteiger partial charge in [0.25, 0.3) is 0 Å². The first-order valence-corrected chi connectivity index (χ1v) is 10.8. The molecule has 0 amide bonds. The van der Waals surface area contributed by atoms with E-state index in [1.807, 2.05) is 17.5 Å². The lowest BCUT2D eigenvalue weighted by molar-refractivity contribution is 0.0346. The molecule has 5 rings (SSSR count). The second-order valence-electron chi connectivity index (χ2n) is 7.72. The van der Waals surface area contributed by atoms with Crippen molar-refractivity contribution >= 4 is 27.9 Å². The van der Waals surface area contributed by atoms with Gasteiger partial charge in [0.2, 0.25) is 0 Å². The van der Waals surface area contributed by atoms with Gasteiger partial charge in [-0.25, -0.2) is 4.98 Å². The SMILES string of the molecule is CN1CC=C(c2c[nH]c3ncc(-c4ccc(CN5CCOCC5)s4)cc23)CC1. The first-order valence-electron chi connectivity index (χ1n) is 10.0. The Balaban J connectivity index is 1.41. The summed E-state index contributed by atoms with van der Waals surface area (Å²) in [5.41, 5.74) is 4.92. The number of hydrogen-bond donors (Lipinski definition) is 1. The Morgan fingerprint density at radius 1 is 1.21 bits per heavy atom. The maximum atomic E-state index is 5.46. The largest absolute Gasteiger partial charge is 0.379 e. The average molecular weight is 395 g/mol. The molecule has 5 nitrogen and oxygen atoms in total. The van der Waals surface area contributed by atoms with E-state index in [4.69, 9.17) is 9.72 Å². The van der Waals surface area contributed by atoms with Crippen LogP contribution in [-0.2, 0) is 11.3 Å². The Bertz CT molecular complexity index is 999. The van der Waals surface area contributed by atoms with E-state index in [1.165, 1.54) is 31.8 Å². The van der Waals surface area contributed by atoms with Crippen LogP contribution < -0.4 is 0 Å². The molecule has 2 aliphatic rings. The second-order valence-corrected chi connectivity index (χ2v) is 8.89. The van der Waals surface area contributed by atoms with E-state index < -0.39 is 0 Å². The zero-order valence-electron chi connectivity index (χ0n) is 16.3. The number of pyridine rings is 1. The van der Waals surface area contributed by atoms with Gasteiger partial charge in [-0.2, -0.15) is 0 Å². The molecule has 0 spiro atoms. The maximum absolute atomic E-state index is 5.46. The normalized spacial score (nSPS) is 19.2. The van der Waals surface area contributed by atoms with E-state index in [1.54, 1.807) is 0 Å². The van der Waals surface area contributed by atoms with E-state index in [2.05, 4.69) is 52.3 Å². The average Bonchev–Trinajstić information content (AvgIpc) is 3.36. The summed E-state index contributed by atoms with van der Waals surface area (Å²) < 4.78 is 5.46. The lowest BCUT2D eigenvalue weighted by Gasteiger charge is -2.25. The number of aromatic amines is 1. The highest BCUT2D eigenvalue weighted by atomic mass is 32.1. The Labute approximate surface area is 169 Å². The molecule has 2 aliphatic heterocycles. The zero-order chi connectivity index (χ0) is 18.9. The van der Waals surface area contributed by atoms with Crippen LogP contribution in [0.15, 0.2) is 36.7 Å². The van der Waals surface area contributed by atoms with Crippen molar-refractivity contribution in [3.05, 3.63) is 47.1 Å². The van der Waals surface area contributed by atoms with Crippen molar-refractivity contribution in [2.45, 2.75) is 13.0 Å². The highest BCUT2D eigenvalue weighted by Crippen LogP contribution is 2.34. The van der Waals surface area contributed by atoms with Crippen LogP contribution in [0.3, 0.4) is 0 Å². The molecule has 1 saturated heterocycles. The number of aromatic nitrogens is 2. The number of thiophene rings is 1. The first kappa shape index (κ1) is 18.1. The number of nitrogens with zero attached hydrogens (tertiary/aromatic N) is 3. The van der Waals surface area contributed by atoms with Crippen LogP contribution >= 0.6 is 11.3 Å². The Morgan fingerprint density at radius 2 is 2.11 bits per heavy atom. The fraction of sp³-hybridized carbons (Fsp3) is 0.409. The molecule has 28 heavy (non-hydrogen) atoms. The highest BCUT2D eigenvalue weighted by molar-refractivity contribution is 7.15. The number of morpholine rings is 1. The molecule has 0 aromatic carbocycles. The lowest BCUT2D eigenvalue weighted by atomic mass is 9.99. The van der Waals surface area contributed by atoms with Crippen LogP contribution in [0.4, 0.5) is 0 Å². The topological polar surface area (TPSA) is 44.4 Å². The molecule has 3 aromatic rings. The van der Waals surface area contributed by atoms with Gasteiger partial charge < -0.3 is 14.6 Å². The van der Waals surface area contributed by atoms with Crippen molar-refractivity contribution in [2.24, 2.45) is 0 Å².